The molecule has 0 aliphatic carbocycles. The van der Waals surface area contributed by atoms with Crippen LogP contribution in [0.25, 0.3) is 0 Å². The van der Waals surface area contributed by atoms with Gasteiger partial charge in [-0.3, -0.25) is 14.5 Å². The van der Waals surface area contributed by atoms with Crippen LogP contribution in [0.4, 0.5) is 5.69 Å². The second-order valence-corrected chi connectivity index (χ2v) is 8.12. The number of hydrogen-bond acceptors (Lipinski definition) is 5. The van der Waals surface area contributed by atoms with Gasteiger partial charge in [-0.05, 0) is 49.4 Å². The molecule has 2 saturated heterocycles. The molecule has 3 aliphatic rings. The van der Waals surface area contributed by atoms with Crippen LogP contribution < -0.4 is 10.9 Å². The minimum Gasteiger partial charge on any atom is -0.459 e. The van der Waals surface area contributed by atoms with Gasteiger partial charge in [0, 0.05) is 50.5 Å². The van der Waals surface area contributed by atoms with Gasteiger partial charge in [-0.25, -0.2) is 0 Å². The summed E-state index contributed by atoms with van der Waals surface area (Å²) in [6.07, 6.45) is 4.78. The number of ether oxygens (including phenoxy) is 1. The van der Waals surface area contributed by atoms with E-state index in [0.29, 0.717) is 23.6 Å². The Kier molecular flexibility index (Phi) is 4.56. The summed E-state index contributed by atoms with van der Waals surface area (Å²) in [5.74, 6) is 0.649. The van der Waals surface area contributed by atoms with E-state index in [9.17, 15) is 9.59 Å². The zero-order valence-corrected chi connectivity index (χ0v) is 15.8. The van der Waals surface area contributed by atoms with Crippen LogP contribution >= 0.6 is 0 Å². The number of hydrogen-bond donors (Lipinski definition) is 1. The molecule has 148 valence electrons. The van der Waals surface area contributed by atoms with Crippen molar-refractivity contribution in [3.05, 3.63) is 52.3 Å². The Hall–Kier alpha value is -2.38. The first-order valence-electron chi connectivity index (χ1n) is 10.1. The molecule has 1 N–H and O–H groups in total. The van der Waals surface area contributed by atoms with Gasteiger partial charge in [0.05, 0.1) is 6.26 Å². The molecule has 2 atom stereocenters. The van der Waals surface area contributed by atoms with Crippen LogP contribution in [0.3, 0.4) is 0 Å². The van der Waals surface area contributed by atoms with E-state index in [1.165, 1.54) is 6.26 Å². The SMILES string of the molecule is O=C(Nc1ccc2n(c1=O)C[C@H]1C[C@@H]2CN(C2CCOCC2)C1)c1ccco1. The summed E-state index contributed by atoms with van der Waals surface area (Å²) < 4.78 is 12.5. The predicted octanol–water partition coefficient (Wildman–Crippen LogP) is 2.29. The second kappa shape index (κ2) is 7.22. The summed E-state index contributed by atoms with van der Waals surface area (Å²) in [4.78, 5) is 27.9. The largest absolute Gasteiger partial charge is 0.459 e. The van der Waals surface area contributed by atoms with Crippen LogP contribution in [0, 0.1) is 5.92 Å². The Morgan fingerprint density at radius 3 is 2.75 bits per heavy atom. The fourth-order valence-corrected chi connectivity index (χ4v) is 5.02. The van der Waals surface area contributed by atoms with Gasteiger partial charge in [0.15, 0.2) is 5.76 Å². The first kappa shape index (κ1) is 17.7. The molecule has 0 radical (unpaired) electrons. The molecule has 2 bridgehead atoms. The number of piperidine rings is 1. The van der Waals surface area contributed by atoms with Crippen LogP contribution in [-0.2, 0) is 11.3 Å². The third-order valence-corrected chi connectivity index (χ3v) is 6.33. The molecular weight excluding hydrogens is 358 g/mol. The second-order valence-electron chi connectivity index (χ2n) is 8.12. The van der Waals surface area contributed by atoms with Crippen molar-refractivity contribution in [3.63, 3.8) is 0 Å². The number of fused-ring (bicyclic) bond motifs is 4. The number of aromatic nitrogens is 1. The molecule has 28 heavy (non-hydrogen) atoms. The van der Waals surface area contributed by atoms with E-state index in [2.05, 4.69) is 10.2 Å². The third-order valence-electron chi connectivity index (χ3n) is 6.33. The Bertz CT molecular complexity index is 914. The lowest BCUT2D eigenvalue weighted by atomic mass is 9.82. The van der Waals surface area contributed by atoms with Gasteiger partial charge in [-0.15, -0.1) is 0 Å². The maximum absolute atomic E-state index is 13.0. The van der Waals surface area contributed by atoms with E-state index in [-0.39, 0.29) is 11.3 Å². The lowest BCUT2D eigenvalue weighted by Gasteiger charge is -2.46. The normalized spacial score (nSPS) is 25.3. The molecule has 0 aromatic carbocycles. The van der Waals surface area contributed by atoms with Crippen molar-refractivity contribution in [1.82, 2.24) is 9.47 Å². The molecule has 0 saturated carbocycles. The molecule has 5 rings (SSSR count). The molecule has 2 aromatic rings. The molecule has 0 spiro atoms. The molecule has 0 unspecified atom stereocenters. The number of pyridine rings is 1. The number of carbonyl (C=O) groups excluding carboxylic acids is 1. The van der Waals surface area contributed by atoms with Gasteiger partial charge >= 0.3 is 0 Å². The van der Waals surface area contributed by atoms with Crippen LogP contribution in [0.5, 0.6) is 0 Å². The first-order chi connectivity index (χ1) is 13.7. The summed E-state index contributed by atoms with van der Waals surface area (Å²) in [6.45, 7) is 4.46. The number of furan rings is 1. The molecule has 7 nitrogen and oxygen atoms in total. The minimum absolute atomic E-state index is 0.119. The van der Waals surface area contributed by atoms with Crippen LogP contribution in [-0.4, -0.2) is 47.7 Å². The first-order valence-corrected chi connectivity index (χ1v) is 10.1. The smallest absolute Gasteiger partial charge is 0.291 e. The predicted molar refractivity (Wildman–Crippen MR) is 104 cm³/mol. The van der Waals surface area contributed by atoms with E-state index in [1.807, 2.05) is 10.6 Å². The molecule has 1 amide bonds. The topological polar surface area (TPSA) is 76.7 Å². The fraction of sp³-hybridized carbons (Fsp3) is 0.524. The average Bonchev–Trinajstić information content (AvgIpc) is 3.26. The number of nitrogens with zero attached hydrogens (tertiary/aromatic N) is 2. The minimum atomic E-state index is -0.399. The number of nitrogens with one attached hydrogen (secondary N) is 1. The van der Waals surface area contributed by atoms with Crippen molar-refractivity contribution in [2.24, 2.45) is 5.92 Å². The highest BCUT2D eigenvalue weighted by Gasteiger charge is 2.37. The molecule has 7 heteroatoms. The van der Waals surface area contributed by atoms with Crippen molar-refractivity contribution in [1.29, 1.82) is 0 Å². The van der Waals surface area contributed by atoms with Crippen molar-refractivity contribution in [2.75, 3.05) is 31.6 Å². The Morgan fingerprint density at radius 1 is 1.11 bits per heavy atom. The van der Waals surface area contributed by atoms with Crippen molar-refractivity contribution < 1.29 is 13.9 Å². The van der Waals surface area contributed by atoms with Gasteiger partial charge in [0.2, 0.25) is 0 Å². The molecule has 3 aliphatic heterocycles. The van der Waals surface area contributed by atoms with E-state index in [1.54, 1.807) is 18.2 Å². The molecule has 5 heterocycles. The monoisotopic (exact) mass is 383 g/mol. The molecule has 2 fully saturated rings. The maximum atomic E-state index is 13.0. The number of carbonyl (C=O) groups is 1. The van der Waals surface area contributed by atoms with Gasteiger partial charge in [0.1, 0.15) is 5.69 Å². The van der Waals surface area contributed by atoms with Gasteiger partial charge in [-0.2, -0.15) is 0 Å². The standard InChI is InChI=1S/C21H25N3O4/c25-20(19-2-1-7-28-19)22-17-3-4-18-15-10-14(12-24(18)21(17)26)11-23(13-15)16-5-8-27-9-6-16/h1-4,7,14-16H,5-6,8-13H2,(H,22,25)/t14-,15+/m0/s1. The zero-order valence-electron chi connectivity index (χ0n) is 15.8. The van der Waals surface area contributed by atoms with Crippen LogP contribution in [0.2, 0.25) is 0 Å². The van der Waals surface area contributed by atoms with E-state index in [4.69, 9.17) is 9.15 Å². The Balaban J connectivity index is 1.38. The zero-order chi connectivity index (χ0) is 19.1. The van der Waals surface area contributed by atoms with Crippen molar-refractivity contribution in [2.45, 2.75) is 37.8 Å². The van der Waals surface area contributed by atoms with E-state index < -0.39 is 5.91 Å². The van der Waals surface area contributed by atoms with Crippen molar-refractivity contribution in [3.8, 4) is 0 Å². The highest BCUT2D eigenvalue weighted by Crippen LogP contribution is 2.37. The lowest BCUT2D eigenvalue weighted by Crippen LogP contribution is -2.51. The van der Waals surface area contributed by atoms with Gasteiger partial charge in [-0.1, -0.05) is 0 Å². The summed E-state index contributed by atoms with van der Waals surface area (Å²) in [6, 6.07) is 7.58. The highest BCUT2D eigenvalue weighted by atomic mass is 16.5. The third kappa shape index (κ3) is 3.18. The van der Waals surface area contributed by atoms with Gasteiger partial charge < -0.3 is 19.0 Å². The Morgan fingerprint density at radius 2 is 1.96 bits per heavy atom. The molecular formula is C21H25N3O4. The lowest BCUT2D eigenvalue weighted by molar-refractivity contribution is 0.00589. The summed E-state index contributed by atoms with van der Waals surface area (Å²) in [5, 5.41) is 2.70. The number of rotatable bonds is 3. The molecule has 2 aromatic heterocycles. The van der Waals surface area contributed by atoms with Crippen LogP contribution in [0.15, 0.2) is 39.7 Å². The fourth-order valence-electron chi connectivity index (χ4n) is 5.02. The highest BCUT2D eigenvalue weighted by molar-refractivity contribution is 6.02. The average molecular weight is 383 g/mol. The van der Waals surface area contributed by atoms with Crippen molar-refractivity contribution >= 4 is 11.6 Å². The van der Waals surface area contributed by atoms with E-state index >= 15 is 0 Å². The maximum Gasteiger partial charge on any atom is 0.291 e. The quantitative estimate of drug-likeness (QED) is 0.880. The summed E-state index contributed by atoms with van der Waals surface area (Å²) in [7, 11) is 0. The van der Waals surface area contributed by atoms with Gasteiger partial charge in [0.25, 0.3) is 11.5 Å². The summed E-state index contributed by atoms with van der Waals surface area (Å²) in [5.41, 5.74) is 1.28. The van der Waals surface area contributed by atoms with E-state index in [0.717, 1.165) is 57.8 Å². The van der Waals surface area contributed by atoms with Crippen LogP contribution in [0.1, 0.15) is 41.4 Å². The number of anilines is 1. The Labute approximate surface area is 163 Å². The number of amides is 1. The summed E-state index contributed by atoms with van der Waals surface area (Å²) >= 11 is 0. The number of likely N-dealkylation sites (tertiary alicyclic amines) is 1.